The van der Waals surface area contributed by atoms with Crippen LogP contribution in [0.25, 0.3) is 0 Å². The number of ether oxygens (including phenoxy) is 2. The minimum Gasteiger partial charge on any atom is -0.496 e. The molecule has 0 radical (unpaired) electrons. The minimum atomic E-state index is 0.0200. The van der Waals surface area contributed by atoms with Gasteiger partial charge in [0.05, 0.1) is 17.7 Å². The largest absolute Gasteiger partial charge is 0.496 e. The fourth-order valence-corrected chi connectivity index (χ4v) is 3.19. The van der Waals surface area contributed by atoms with Crippen LogP contribution in [0.15, 0.2) is 22.7 Å². The van der Waals surface area contributed by atoms with Crippen molar-refractivity contribution in [2.24, 2.45) is 5.92 Å². The summed E-state index contributed by atoms with van der Waals surface area (Å²) in [5.74, 6) is 1.45. The Balaban J connectivity index is 1.90. The summed E-state index contributed by atoms with van der Waals surface area (Å²) in [5.41, 5.74) is 0.654. The number of Topliss-reactive ketones (excluding diaryl/α,β-unsaturated/α-hetero) is 1. The molecule has 2 atom stereocenters. The lowest BCUT2D eigenvalue weighted by Crippen LogP contribution is -2.24. The Labute approximate surface area is 128 Å². The maximum Gasteiger partial charge on any atom is 0.188 e. The second kappa shape index (κ2) is 7.23. The van der Waals surface area contributed by atoms with Gasteiger partial charge in [-0.1, -0.05) is 19.8 Å². The number of methoxy groups -OCH3 is 1. The molecule has 1 aromatic rings. The molecule has 0 bridgehead atoms. The molecule has 2 unspecified atom stereocenters. The number of halogens is 1. The summed E-state index contributed by atoms with van der Waals surface area (Å²) in [6.45, 7) is 2.41. The molecule has 1 aromatic carbocycles. The molecule has 0 aliphatic heterocycles. The van der Waals surface area contributed by atoms with Crippen molar-refractivity contribution < 1.29 is 14.3 Å². The highest BCUT2D eigenvalue weighted by atomic mass is 79.9. The van der Waals surface area contributed by atoms with Gasteiger partial charge in [-0.05, 0) is 52.9 Å². The molecule has 1 fully saturated rings. The Morgan fingerprint density at radius 3 is 2.85 bits per heavy atom. The van der Waals surface area contributed by atoms with Gasteiger partial charge in [0.2, 0.25) is 0 Å². The predicted molar refractivity (Wildman–Crippen MR) is 82.4 cm³/mol. The molecular formula is C16H21BrO3. The standard InChI is InChI=1S/C16H21BrO3/c1-11-4-3-5-13(8-11)20-10-15(18)12-6-7-16(19-2)14(17)9-12/h6-7,9,11,13H,3-5,8,10H2,1-2H3. The average molecular weight is 341 g/mol. The fourth-order valence-electron chi connectivity index (χ4n) is 2.65. The van der Waals surface area contributed by atoms with E-state index in [1.807, 2.05) is 0 Å². The topological polar surface area (TPSA) is 35.5 Å². The molecule has 20 heavy (non-hydrogen) atoms. The van der Waals surface area contributed by atoms with Crippen LogP contribution in [-0.2, 0) is 4.74 Å². The molecule has 0 amide bonds. The maximum absolute atomic E-state index is 12.1. The van der Waals surface area contributed by atoms with Gasteiger partial charge < -0.3 is 9.47 Å². The smallest absolute Gasteiger partial charge is 0.188 e. The number of ketones is 1. The van der Waals surface area contributed by atoms with E-state index < -0.39 is 0 Å². The molecule has 3 nitrogen and oxygen atoms in total. The van der Waals surface area contributed by atoms with Crippen LogP contribution in [0.2, 0.25) is 0 Å². The van der Waals surface area contributed by atoms with Crippen LogP contribution >= 0.6 is 15.9 Å². The van der Waals surface area contributed by atoms with Gasteiger partial charge >= 0.3 is 0 Å². The maximum atomic E-state index is 12.1. The molecule has 1 saturated carbocycles. The minimum absolute atomic E-state index is 0.0200. The first-order valence-corrected chi connectivity index (χ1v) is 7.87. The molecule has 0 heterocycles. The summed E-state index contributed by atoms with van der Waals surface area (Å²) in [5, 5.41) is 0. The zero-order valence-electron chi connectivity index (χ0n) is 12.0. The van der Waals surface area contributed by atoms with Crippen LogP contribution in [0.3, 0.4) is 0 Å². The molecule has 0 saturated heterocycles. The van der Waals surface area contributed by atoms with Gasteiger partial charge in [-0.25, -0.2) is 0 Å². The summed E-state index contributed by atoms with van der Waals surface area (Å²) in [6, 6.07) is 5.35. The van der Waals surface area contributed by atoms with Gasteiger partial charge in [-0.15, -0.1) is 0 Å². The number of carbonyl (C=O) groups is 1. The third-order valence-electron chi connectivity index (χ3n) is 3.81. The monoisotopic (exact) mass is 340 g/mol. The Morgan fingerprint density at radius 2 is 2.20 bits per heavy atom. The lowest BCUT2D eigenvalue weighted by atomic mass is 9.89. The van der Waals surface area contributed by atoms with Crippen LogP contribution in [0.5, 0.6) is 5.75 Å². The molecular weight excluding hydrogens is 320 g/mol. The van der Waals surface area contributed by atoms with Crippen LogP contribution < -0.4 is 4.74 Å². The van der Waals surface area contributed by atoms with E-state index in [0.717, 1.165) is 23.1 Å². The first-order valence-electron chi connectivity index (χ1n) is 7.08. The second-order valence-electron chi connectivity index (χ2n) is 5.48. The number of rotatable bonds is 5. The van der Waals surface area contributed by atoms with Crippen LogP contribution in [0.1, 0.15) is 43.0 Å². The highest BCUT2D eigenvalue weighted by Gasteiger charge is 2.20. The van der Waals surface area contributed by atoms with Gasteiger partial charge in [-0.3, -0.25) is 4.79 Å². The molecule has 0 aromatic heterocycles. The van der Waals surface area contributed by atoms with E-state index in [1.165, 1.54) is 12.8 Å². The normalized spacial score (nSPS) is 22.6. The predicted octanol–water partition coefficient (Wildman–Crippen LogP) is 4.24. The molecule has 2 rings (SSSR count). The first kappa shape index (κ1) is 15.5. The van der Waals surface area contributed by atoms with E-state index in [-0.39, 0.29) is 18.5 Å². The molecule has 1 aliphatic carbocycles. The van der Waals surface area contributed by atoms with Crippen molar-refractivity contribution in [1.82, 2.24) is 0 Å². The molecule has 110 valence electrons. The number of carbonyl (C=O) groups excluding carboxylic acids is 1. The van der Waals surface area contributed by atoms with Gasteiger partial charge in [0.15, 0.2) is 5.78 Å². The summed E-state index contributed by atoms with van der Waals surface area (Å²) < 4.78 is 11.7. The summed E-state index contributed by atoms with van der Waals surface area (Å²) >= 11 is 3.39. The number of hydrogen-bond donors (Lipinski definition) is 0. The Hall–Kier alpha value is -0.870. The molecule has 0 spiro atoms. The van der Waals surface area contributed by atoms with E-state index in [2.05, 4.69) is 22.9 Å². The highest BCUT2D eigenvalue weighted by Crippen LogP contribution is 2.27. The van der Waals surface area contributed by atoms with Crippen molar-refractivity contribution in [3.63, 3.8) is 0 Å². The lowest BCUT2D eigenvalue weighted by molar-refractivity contribution is 0.0182. The van der Waals surface area contributed by atoms with Crippen molar-refractivity contribution in [2.45, 2.75) is 38.7 Å². The Kier molecular flexibility index (Phi) is 5.61. The highest BCUT2D eigenvalue weighted by molar-refractivity contribution is 9.10. The Bertz CT molecular complexity index is 473. The number of hydrogen-bond acceptors (Lipinski definition) is 3. The summed E-state index contributed by atoms with van der Waals surface area (Å²) in [7, 11) is 1.61. The summed E-state index contributed by atoms with van der Waals surface area (Å²) in [6.07, 6.45) is 4.86. The third-order valence-corrected chi connectivity index (χ3v) is 4.43. The van der Waals surface area contributed by atoms with Crippen LogP contribution in [-0.4, -0.2) is 25.6 Å². The van der Waals surface area contributed by atoms with Crippen LogP contribution in [0, 0.1) is 5.92 Å². The summed E-state index contributed by atoms with van der Waals surface area (Å²) in [4.78, 5) is 12.1. The van der Waals surface area contributed by atoms with Crippen molar-refractivity contribution in [3.05, 3.63) is 28.2 Å². The van der Waals surface area contributed by atoms with E-state index >= 15 is 0 Å². The third kappa shape index (κ3) is 4.06. The lowest BCUT2D eigenvalue weighted by Gasteiger charge is -2.26. The quantitative estimate of drug-likeness (QED) is 0.752. The first-order chi connectivity index (χ1) is 9.60. The second-order valence-corrected chi connectivity index (χ2v) is 6.33. The van der Waals surface area contributed by atoms with E-state index in [9.17, 15) is 4.79 Å². The molecule has 1 aliphatic rings. The van der Waals surface area contributed by atoms with Crippen molar-refractivity contribution >= 4 is 21.7 Å². The molecule has 4 heteroatoms. The van der Waals surface area contributed by atoms with Gasteiger partial charge in [-0.2, -0.15) is 0 Å². The Morgan fingerprint density at radius 1 is 1.40 bits per heavy atom. The number of benzene rings is 1. The van der Waals surface area contributed by atoms with E-state index in [4.69, 9.17) is 9.47 Å². The van der Waals surface area contributed by atoms with Crippen molar-refractivity contribution in [3.8, 4) is 5.75 Å². The van der Waals surface area contributed by atoms with Gasteiger partial charge in [0.1, 0.15) is 12.4 Å². The zero-order valence-corrected chi connectivity index (χ0v) is 13.6. The van der Waals surface area contributed by atoms with E-state index in [1.54, 1.807) is 25.3 Å². The fraction of sp³-hybridized carbons (Fsp3) is 0.562. The SMILES string of the molecule is COc1ccc(C(=O)COC2CCCC(C)C2)cc1Br. The van der Waals surface area contributed by atoms with E-state index in [0.29, 0.717) is 11.5 Å². The average Bonchev–Trinajstić information content (AvgIpc) is 2.44. The zero-order chi connectivity index (χ0) is 14.5. The van der Waals surface area contributed by atoms with Crippen molar-refractivity contribution in [1.29, 1.82) is 0 Å². The molecule has 0 N–H and O–H groups in total. The van der Waals surface area contributed by atoms with Crippen molar-refractivity contribution in [2.75, 3.05) is 13.7 Å². The van der Waals surface area contributed by atoms with Crippen LogP contribution in [0.4, 0.5) is 0 Å². The van der Waals surface area contributed by atoms with Gasteiger partial charge in [0, 0.05) is 5.56 Å². The van der Waals surface area contributed by atoms with Gasteiger partial charge in [0.25, 0.3) is 0 Å².